The standard InChI is InChI=1S/C41H44O6/c1-37(2,3)41-38(4,5)22-44-40(41,46-47-41)32-12-8-11-31-30(32)13-14-33(42)34(31)35-29-10-7-6-9-25(29)20-26-21-43-39(45-36(26)35)27-16-23-15-24(18-27)19-28(39)17-23/h6-14,20,23-24,27-28,42H,15-19,21-22H2,1-5H3/t23?,24?,27?,28?,39?,40-,41-/m1/s1. The Labute approximate surface area is 276 Å². The van der Waals surface area contributed by atoms with Crippen molar-refractivity contribution in [2.24, 2.45) is 34.5 Å². The average molecular weight is 633 g/mol. The highest BCUT2D eigenvalue weighted by Crippen LogP contribution is 2.70. The van der Waals surface area contributed by atoms with E-state index in [0.29, 0.717) is 25.0 Å². The van der Waals surface area contributed by atoms with Crippen LogP contribution in [0, 0.1) is 34.5 Å². The van der Waals surface area contributed by atoms with Crippen molar-refractivity contribution in [3.05, 3.63) is 71.8 Å². The SMILES string of the molecule is CC(C)(C)[C@]12OO[C@@]1(c1cccc3c(-c4c5c(cc6ccccc46)COC4(O5)C5CC6CC(C5)CC4C6)c(O)ccc13)OCC2(C)C. The van der Waals surface area contributed by atoms with Crippen molar-refractivity contribution >= 4 is 21.5 Å². The second kappa shape index (κ2) is 9.09. The van der Waals surface area contributed by atoms with Gasteiger partial charge in [-0.1, -0.05) is 83.1 Å². The molecule has 244 valence electrons. The highest BCUT2D eigenvalue weighted by Gasteiger charge is 2.81. The first-order chi connectivity index (χ1) is 22.5. The Hall–Kier alpha value is -3.16. The molecule has 2 atom stereocenters. The van der Waals surface area contributed by atoms with Crippen LogP contribution >= 0.6 is 0 Å². The Balaban J connectivity index is 1.21. The normalized spacial score (nSPS) is 36.4. The van der Waals surface area contributed by atoms with Gasteiger partial charge in [-0.3, -0.25) is 0 Å². The molecule has 0 aromatic heterocycles. The summed E-state index contributed by atoms with van der Waals surface area (Å²) in [7, 11) is 0. The zero-order valence-corrected chi connectivity index (χ0v) is 28.0. The number of hydrogen-bond acceptors (Lipinski definition) is 6. The van der Waals surface area contributed by atoms with Crippen molar-refractivity contribution in [3.63, 3.8) is 0 Å². The number of rotatable bonds is 2. The van der Waals surface area contributed by atoms with E-state index in [1.165, 1.54) is 32.1 Å². The van der Waals surface area contributed by atoms with Crippen molar-refractivity contribution in [2.45, 2.75) is 90.5 Å². The minimum absolute atomic E-state index is 0.223. The van der Waals surface area contributed by atoms with E-state index >= 15 is 0 Å². The molecule has 0 amide bonds. The molecular formula is C41H44O6. The molecule has 4 saturated carbocycles. The highest BCUT2D eigenvalue weighted by atomic mass is 17.3. The number of benzene rings is 4. The molecular weight excluding hydrogens is 588 g/mol. The maximum absolute atomic E-state index is 11.9. The molecule has 11 rings (SSSR count). The van der Waals surface area contributed by atoms with Crippen LogP contribution in [0.1, 0.15) is 77.8 Å². The molecule has 0 unspecified atom stereocenters. The smallest absolute Gasteiger partial charge is 0.262 e. The lowest BCUT2D eigenvalue weighted by atomic mass is 9.53. The van der Waals surface area contributed by atoms with Gasteiger partial charge in [0.1, 0.15) is 11.5 Å². The second-order valence-corrected chi connectivity index (χ2v) is 17.1. The van der Waals surface area contributed by atoms with Gasteiger partial charge in [-0.2, -0.15) is 4.89 Å². The summed E-state index contributed by atoms with van der Waals surface area (Å²) >= 11 is 0. The van der Waals surface area contributed by atoms with Crippen LogP contribution in [0.25, 0.3) is 32.7 Å². The van der Waals surface area contributed by atoms with Gasteiger partial charge in [0, 0.05) is 44.9 Å². The van der Waals surface area contributed by atoms with E-state index in [-0.39, 0.29) is 16.6 Å². The lowest BCUT2D eigenvalue weighted by Crippen LogP contribution is -2.73. The molecule has 3 aliphatic heterocycles. The fourth-order valence-electron chi connectivity index (χ4n) is 11.6. The average Bonchev–Trinajstić information content (AvgIpc) is 3.18. The monoisotopic (exact) mass is 632 g/mol. The van der Waals surface area contributed by atoms with E-state index in [2.05, 4.69) is 83.1 Å². The van der Waals surface area contributed by atoms with Crippen LogP contribution in [0.5, 0.6) is 11.5 Å². The quantitative estimate of drug-likeness (QED) is 0.222. The minimum Gasteiger partial charge on any atom is -0.507 e. The summed E-state index contributed by atoms with van der Waals surface area (Å²) < 4.78 is 20.9. The summed E-state index contributed by atoms with van der Waals surface area (Å²) in [5.41, 5.74) is 2.35. The van der Waals surface area contributed by atoms with E-state index < -0.39 is 17.2 Å². The molecule has 0 radical (unpaired) electrons. The summed E-state index contributed by atoms with van der Waals surface area (Å²) in [5.74, 6) is 1.80. The molecule has 4 aliphatic carbocycles. The maximum atomic E-state index is 11.9. The van der Waals surface area contributed by atoms with Gasteiger partial charge < -0.3 is 19.3 Å². The van der Waals surface area contributed by atoms with E-state index in [0.717, 1.165) is 61.4 Å². The number of aromatic hydroxyl groups is 1. The predicted octanol–water partition coefficient (Wildman–Crippen LogP) is 9.38. The molecule has 3 heterocycles. The predicted molar refractivity (Wildman–Crippen MR) is 180 cm³/mol. The van der Waals surface area contributed by atoms with Crippen molar-refractivity contribution in [3.8, 4) is 22.6 Å². The van der Waals surface area contributed by atoms with Gasteiger partial charge in [0.2, 0.25) is 5.79 Å². The van der Waals surface area contributed by atoms with Crippen molar-refractivity contribution in [2.75, 3.05) is 6.61 Å². The van der Waals surface area contributed by atoms with Gasteiger partial charge in [0.25, 0.3) is 5.79 Å². The molecule has 1 spiro atoms. The first-order valence-corrected chi connectivity index (χ1v) is 17.6. The Bertz CT molecular complexity index is 1960. The Morgan fingerprint density at radius 1 is 0.745 bits per heavy atom. The van der Waals surface area contributed by atoms with Crippen molar-refractivity contribution in [1.29, 1.82) is 0 Å². The zero-order valence-electron chi connectivity index (χ0n) is 28.0. The molecule has 6 heteroatoms. The molecule has 4 bridgehead atoms. The van der Waals surface area contributed by atoms with Gasteiger partial charge >= 0.3 is 0 Å². The van der Waals surface area contributed by atoms with Gasteiger partial charge in [0.05, 0.1) is 13.2 Å². The Morgan fingerprint density at radius 3 is 2.17 bits per heavy atom. The summed E-state index contributed by atoms with van der Waals surface area (Å²) in [5, 5.41) is 16.0. The highest BCUT2D eigenvalue weighted by molar-refractivity contribution is 6.11. The van der Waals surface area contributed by atoms with E-state index in [9.17, 15) is 5.11 Å². The van der Waals surface area contributed by atoms with Crippen LogP contribution in [0.2, 0.25) is 0 Å². The third-order valence-corrected chi connectivity index (χ3v) is 13.1. The third-order valence-electron chi connectivity index (χ3n) is 13.1. The lowest BCUT2D eigenvalue weighted by Gasteiger charge is -2.61. The Morgan fingerprint density at radius 2 is 1.47 bits per heavy atom. The number of phenols is 1. The molecule has 1 N–H and O–H groups in total. The molecule has 6 nitrogen and oxygen atoms in total. The van der Waals surface area contributed by atoms with E-state index in [1.807, 2.05) is 12.1 Å². The molecule has 4 aromatic carbocycles. The van der Waals surface area contributed by atoms with Gasteiger partial charge in [0.15, 0.2) is 5.60 Å². The molecule has 7 aliphatic rings. The van der Waals surface area contributed by atoms with Crippen molar-refractivity contribution in [1.82, 2.24) is 0 Å². The lowest BCUT2D eigenvalue weighted by molar-refractivity contribution is -0.626. The summed E-state index contributed by atoms with van der Waals surface area (Å²) in [4.78, 5) is 12.3. The molecule has 4 aromatic rings. The second-order valence-electron chi connectivity index (χ2n) is 17.1. The molecule has 47 heavy (non-hydrogen) atoms. The summed E-state index contributed by atoms with van der Waals surface area (Å²) in [6.45, 7) is 12.0. The van der Waals surface area contributed by atoms with E-state index in [4.69, 9.17) is 24.0 Å². The maximum Gasteiger partial charge on any atom is 0.262 e. The van der Waals surface area contributed by atoms with Gasteiger partial charge in [-0.25, -0.2) is 4.89 Å². The first-order valence-electron chi connectivity index (χ1n) is 17.6. The summed E-state index contributed by atoms with van der Waals surface area (Å²) in [6.07, 6.45) is 6.11. The molecule has 6 fully saturated rings. The zero-order chi connectivity index (χ0) is 32.1. The van der Waals surface area contributed by atoms with Crippen LogP contribution in [0.4, 0.5) is 0 Å². The van der Waals surface area contributed by atoms with E-state index in [1.54, 1.807) is 0 Å². The topological polar surface area (TPSA) is 66.4 Å². The number of hydrogen-bond donors (Lipinski definition) is 1. The number of fused-ring (bicyclic) bond motifs is 4. The third kappa shape index (κ3) is 3.41. The minimum atomic E-state index is -1.09. The van der Waals surface area contributed by atoms with Gasteiger partial charge in [-0.15, -0.1) is 0 Å². The van der Waals surface area contributed by atoms with Gasteiger partial charge in [-0.05, 0) is 77.6 Å². The number of phenolic OH excluding ortho intramolecular Hbond substituents is 1. The van der Waals surface area contributed by atoms with Crippen LogP contribution in [0.15, 0.2) is 60.7 Å². The Kier molecular flexibility index (Phi) is 5.57. The summed E-state index contributed by atoms with van der Waals surface area (Å²) in [6, 6.07) is 20.8. The number of ether oxygens (including phenoxy) is 3. The first kappa shape index (κ1) is 28.8. The fraction of sp³-hybridized carbons (Fsp3) is 0.512. The fourth-order valence-corrected chi connectivity index (χ4v) is 11.6. The van der Waals surface area contributed by atoms with Crippen LogP contribution in [0.3, 0.4) is 0 Å². The van der Waals surface area contributed by atoms with Crippen LogP contribution in [-0.2, 0) is 31.6 Å². The molecule has 2 saturated heterocycles. The van der Waals surface area contributed by atoms with Crippen LogP contribution < -0.4 is 4.74 Å². The largest absolute Gasteiger partial charge is 0.507 e. The van der Waals surface area contributed by atoms with Crippen molar-refractivity contribution < 1.29 is 29.1 Å². The van der Waals surface area contributed by atoms with Crippen LogP contribution in [-0.4, -0.2) is 23.1 Å².